The van der Waals surface area contributed by atoms with Gasteiger partial charge in [-0.25, -0.2) is 18.4 Å². The number of rotatable bonds is 10. The number of carboxylic acids is 2. The summed E-state index contributed by atoms with van der Waals surface area (Å²) in [6.07, 6.45) is -2.85. The van der Waals surface area contributed by atoms with Crippen LogP contribution in [-0.2, 0) is 11.2 Å². The molecule has 0 saturated heterocycles. The number of benzene rings is 3. The number of ether oxygens (including phenoxy) is 2. The minimum absolute atomic E-state index is 0.123. The lowest BCUT2D eigenvalue weighted by atomic mass is 9.98. The topological polar surface area (TPSA) is 122 Å². The van der Waals surface area contributed by atoms with Crippen molar-refractivity contribution in [3.8, 4) is 22.6 Å². The summed E-state index contributed by atoms with van der Waals surface area (Å²) < 4.78 is 37.1. The van der Waals surface area contributed by atoms with Crippen LogP contribution in [0.4, 0.5) is 8.78 Å². The van der Waals surface area contributed by atoms with Crippen LogP contribution in [-0.4, -0.2) is 48.3 Å². The van der Waals surface area contributed by atoms with Crippen molar-refractivity contribution in [1.82, 2.24) is 5.32 Å². The molecule has 38 heavy (non-hydrogen) atoms. The van der Waals surface area contributed by atoms with Crippen LogP contribution < -0.4 is 14.8 Å². The Kier molecular flexibility index (Phi) is 9.13. The highest BCUT2D eigenvalue weighted by molar-refractivity contribution is 6.40. The molecule has 3 aromatic carbocycles. The molecule has 0 radical (unpaired) electrons. The van der Waals surface area contributed by atoms with Gasteiger partial charge in [0.25, 0.3) is 12.3 Å². The number of hydrogen-bond acceptors (Lipinski definition) is 5. The number of hydrogen-bond donors (Lipinski definition) is 3. The Morgan fingerprint density at radius 3 is 1.87 bits per heavy atom. The third kappa shape index (κ3) is 6.32. The van der Waals surface area contributed by atoms with Crippen LogP contribution in [0.1, 0.15) is 38.3 Å². The van der Waals surface area contributed by atoms with Crippen molar-refractivity contribution in [1.29, 1.82) is 0 Å². The fourth-order valence-corrected chi connectivity index (χ4v) is 4.39. The predicted octanol–water partition coefficient (Wildman–Crippen LogP) is 5.74. The standard InChI is InChI=1S/C26H21Cl2F2NO7/c1-37-19-10-14(23(29)30)11-20(38-2)21(19)13-5-3-12(4-6-13)7-18(26(35)36)31-24(32)22-16(27)8-15(25(33)34)9-17(22)28/h3-6,8-11,18,23H,7H2,1-2H3,(H,31,32)(H,33,34)(H,35,36)/t18-/m0/s1. The summed E-state index contributed by atoms with van der Waals surface area (Å²) in [5.41, 5.74) is 0.771. The second-order valence-electron chi connectivity index (χ2n) is 7.99. The third-order valence-corrected chi connectivity index (χ3v) is 6.18. The van der Waals surface area contributed by atoms with E-state index in [2.05, 4.69) is 5.32 Å². The van der Waals surface area contributed by atoms with Gasteiger partial charge in [-0.2, -0.15) is 0 Å². The number of aliphatic carboxylic acids is 1. The number of methoxy groups -OCH3 is 2. The van der Waals surface area contributed by atoms with Crippen LogP contribution in [0, 0.1) is 0 Å². The van der Waals surface area contributed by atoms with E-state index in [1.807, 2.05) is 0 Å². The lowest BCUT2D eigenvalue weighted by molar-refractivity contribution is -0.139. The first-order chi connectivity index (χ1) is 18.0. The molecule has 0 aliphatic carbocycles. The van der Waals surface area contributed by atoms with Gasteiger partial charge in [-0.15, -0.1) is 0 Å². The van der Waals surface area contributed by atoms with E-state index in [0.717, 1.165) is 12.1 Å². The van der Waals surface area contributed by atoms with Gasteiger partial charge in [0.1, 0.15) is 17.5 Å². The molecule has 0 bridgehead atoms. The van der Waals surface area contributed by atoms with Crippen LogP contribution in [0.5, 0.6) is 11.5 Å². The van der Waals surface area contributed by atoms with Crippen molar-refractivity contribution >= 4 is 41.0 Å². The van der Waals surface area contributed by atoms with Gasteiger partial charge in [-0.05, 0) is 35.4 Å². The van der Waals surface area contributed by atoms with Crippen LogP contribution in [0.15, 0.2) is 48.5 Å². The molecule has 1 amide bonds. The summed E-state index contributed by atoms with van der Waals surface area (Å²) in [5.74, 6) is -3.18. The summed E-state index contributed by atoms with van der Waals surface area (Å²) in [7, 11) is 2.69. The number of amides is 1. The number of carbonyl (C=O) groups excluding carboxylic acids is 1. The molecule has 8 nitrogen and oxygen atoms in total. The lowest BCUT2D eigenvalue weighted by Gasteiger charge is -2.18. The second kappa shape index (κ2) is 12.1. The highest BCUT2D eigenvalue weighted by atomic mass is 35.5. The zero-order chi connectivity index (χ0) is 28.1. The highest BCUT2D eigenvalue weighted by Crippen LogP contribution is 2.41. The fraction of sp³-hybridized carbons (Fsp3) is 0.192. The minimum Gasteiger partial charge on any atom is -0.496 e. The zero-order valence-electron chi connectivity index (χ0n) is 19.9. The number of nitrogens with one attached hydrogen (secondary N) is 1. The molecule has 200 valence electrons. The minimum atomic E-state index is -2.72. The van der Waals surface area contributed by atoms with E-state index in [1.54, 1.807) is 24.3 Å². The smallest absolute Gasteiger partial charge is 0.335 e. The fourth-order valence-electron chi connectivity index (χ4n) is 3.73. The van der Waals surface area contributed by atoms with Gasteiger partial charge in [0.2, 0.25) is 0 Å². The Balaban J connectivity index is 1.85. The number of alkyl halides is 2. The van der Waals surface area contributed by atoms with Gasteiger partial charge in [-0.3, -0.25) is 4.79 Å². The number of halogens is 4. The van der Waals surface area contributed by atoms with Crippen LogP contribution in [0.3, 0.4) is 0 Å². The summed E-state index contributed by atoms with van der Waals surface area (Å²) in [5, 5.41) is 20.6. The largest absolute Gasteiger partial charge is 0.496 e. The average Bonchev–Trinajstić information content (AvgIpc) is 2.87. The van der Waals surface area contributed by atoms with Crippen LogP contribution in [0.25, 0.3) is 11.1 Å². The van der Waals surface area contributed by atoms with E-state index in [4.69, 9.17) is 37.8 Å². The van der Waals surface area contributed by atoms with Gasteiger partial charge in [-0.1, -0.05) is 47.5 Å². The first-order valence-electron chi connectivity index (χ1n) is 10.9. The molecular formula is C26H21Cl2F2NO7. The van der Waals surface area contributed by atoms with Crippen molar-refractivity contribution < 1.29 is 42.9 Å². The maximum Gasteiger partial charge on any atom is 0.335 e. The van der Waals surface area contributed by atoms with Gasteiger partial charge in [0, 0.05) is 12.0 Å². The number of carboxylic acid groups (broad SMARTS) is 2. The van der Waals surface area contributed by atoms with Crippen molar-refractivity contribution in [2.45, 2.75) is 18.9 Å². The molecule has 1 atom stereocenters. The van der Waals surface area contributed by atoms with E-state index in [0.29, 0.717) is 16.7 Å². The molecule has 3 aromatic rings. The molecular weight excluding hydrogens is 547 g/mol. The van der Waals surface area contributed by atoms with Gasteiger partial charge in [0.05, 0.1) is 41.0 Å². The summed E-state index contributed by atoms with van der Waals surface area (Å²) in [4.78, 5) is 35.8. The molecule has 3 N–H and O–H groups in total. The number of aromatic carboxylic acids is 1. The summed E-state index contributed by atoms with van der Waals surface area (Å²) >= 11 is 12.1. The lowest BCUT2D eigenvalue weighted by Crippen LogP contribution is -2.42. The zero-order valence-corrected chi connectivity index (χ0v) is 21.4. The Hall–Kier alpha value is -3.89. The van der Waals surface area contributed by atoms with E-state index in [-0.39, 0.29) is 44.7 Å². The van der Waals surface area contributed by atoms with Gasteiger partial charge >= 0.3 is 11.9 Å². The molecule has 0 unspecified atom stereocenters. The quantitative estimate of drug-likeness (QED) is 0.285. The summed E-state index contributed by atoms with van der Waals surface area (Å²) in [6, 6.07) is 9.61. The average molecular weight is 568 g/mol. The highest BCUT2D eigenvalue weighted by Gasteiger charge is 2.25. The Morgan fingerprint density at radius 1 is 0.921 bits per heavy atom. The van der Waals surface area contributed by atoms with E-state index in [1.165, 1.54) is 26.4 Å². The predicted molar refractivity (Wildman–Crippen MR) is 136 cm³/mol. The molecule has 0 aromatic heterocycles. The molecule has 12 heteroatoms. The molecule has 0 aliphatic heterocycles. The van der Waals surface area contributed by atoms with Crippen molar-refractivity contribution in [3.63, 3.8) is 0 Å². The maximum absolute atomic E-state index is 13.2. The second-order valence-corrected chi connectivity index (χ2v) is 8.80. The Labute approximate surface area is 225 Å². The number of carbonyl (C=O) groups is 3. The summed E-state index contributed by atoms with van der Waals surface area (Å²) in [6.45, 7) is 0. The van der Waals surface area contributed by atoms with Crippen LogP contribution in [0.2, 0.25) is 10.0 Å². The molecule has 3 rings (SSSR count). The van der Waals surface area contributed by atoms with Crippen molar-refractivity contribution in [2.24, 2.45) is 0 Å². The van der Waals surface area contributed by atoms with E-state index < -0.39 is 30.3 Å². The Bertz CT molecular complexity index is 1330. The van der Waals surface area contributed by atoms with Gasteiger partial charge in [0.15, 0.2) is 0 Å². The SMILES string of the molecule is COc1cc(C(F)F)cc(OC)c1-c1ccc(C[C@H](NC(=O)c2c(Cl)cc(C(=O)O)cc2Cl)C(=O)O)cc1. The first-order valence-corrected chi connectivity index (χ1v) is 11.6. The van der Waals surface area contributed by atoms with Crippen LogP contribution >= 0.6 is 23.2 Å². The molecule has 0 aliphatic rings. The first kappa shape index (κ1) is 28.7. The molecule has 0 spiro atoms. The Morgan fingerprint density at radius 2 is 1.45 bits per heavy atom. The third-order valence-electron chi connectivity index (χ3n) is 5.58. The van der Waals surface area contributed by atoms with E-state index in [9.17, 15) is 28.3 Å². The maximum atomic E-state index is 13.2. The molecule has 0 fully saturated rings. The molecule has 0 heterocycles. The van der Waals surface area contributed by atoms with Crippen molar-refractivity contribution in [2.75, 3.05) is 14.2 Å². The normalized spacial score (nSPS) is 11.7. The van der Waals surface area contributed by atoms with E-state index >= 15 is 0 Å². The van der Waals surface area contributed by atoms with Crippen molar-refractivity contribution in [3.05, 3.63) is 80.8 Å². The molecule has 0 saturated carbocycles. The van der Waals surface area contributed by atoms with Gasteiger partial charge < -0.3 is 25.0 Å². The monoisotopic (exact) mass is 567 g/mol.